The van der Waals surface area contributed by atoms with Gasteiger partial charge in [0.25, 0.3) is 0 Å². The van der Waals surface area contributed by atoms with E-state index in [0.29, 0.717) is 5.92 Å². The highest BCUT2D eigenvalue weighted by Crippen LogP contribution is 2.65. The van der Waals surface area contributed by atoms with E-state index in [2.05, 4.69) is 25.7 Å². The first-order valence-corrected chi connectivity index (χ1v) is 5.93. The smallest absolute Gasteiger partial charge is 0.230 e. The molecule has 2 fully saturated rings. The first-order chi connectivity index (χ1) is 6.95. The molecule has 0 radical (unpaired) electrons. The van der Waals surface area contributed by atoms with Crippen molar-refractivity contribution in [3.8, 4) is 0 Å². The molecule has 2 atom stereocenters. The lowest BCUT2D eigenvalue weighted by atomic mass is 9.68. The van der Waals surface area contributed by atoms with E-state index < -0.39 is 0 Å². The summed E-state index contributed by atoms with van der Waals surface area (Å²) in [7, 11) is 0. The standard InChI is InChI=1S/C13H21NO/c1-5-14-11(15)13-7-6-10(8-13)12(3,4)9(13)2/h10H,2,5-8H2,1,3-4H3,(H,14,15)/t10-,13+/m1/s1. The molecule has 0 spiro atoms. The Hall–Kier alpha value is -0.790. The van der Waals surface area contributed by atoms with Crippen LogP contribution in [-0.2, 0) is 4.79 Å². The molecule has 1 N–H and O–H groups in total. The van der Waals surface area contributed by atoms with Gasteiger partial charge in [0.15, 0.2) is 0 Å². The lowest BCUT2D eigenvalue weighted by molar-refractivity contribution is -0.128. The van der Waals surface area contributed by atoms with Crippen LogP contribution in [0.25, 0.3) is 0 Å². The quantitative estimate of drug-likeness (QED) is 0.693. The Morgan fingerprint density at radius 1 is 1.60 bits per heavy atom. The molecule has 0 heterocycles. The van der Waals surface area contributed by atoms with Crippen molar-refractivity contribution in [1.82, 2.24) is 5.32 Å². The van der Waals surface area contributed by atoms with Gasteiger partial charge in [0.05, 0.1) is 5.41 Å². The van der Waals surface area contributed by atoms with Gasteiger partial charge in [-0.3, -0.25) is 4.79 Å². The molecule has 15 heavy (non-hydrogen) atoms. The van der Waals surface area contributed by atoms with Gasteiger partial charge in [0.2, 0.25) is 5.91 Å². The molecule has 1 amide bonds. The Morgan fingerprint density at radius 3 is 2.73 bits per heavy atom. The van der Waals surface area contributed by atoms with Gasteiger partial charge < -0.3 is 5.32 Å². The summed E-state index contributed by atoms with van der Waals surface area (Å²) in [5, 5.41) is 2.97. The van der Waals surface area contributed by atoms with Crippen molar-refractivity contribution in [2.75, 3.05) is 6.54 Å². The Bertz CT molecular complexity index is 318. The van der Waals surface area contributed by atoms with E-state index in [1.807, 2.05) is 6.92 Å². The molecule has 2 rings (SSSR count). The molecule has 2 aliphatic carbocycles. The minimum Gasteiger partial charge on any atom is -0.356 e. The van der Waals surface area contributed by atoms with Crippen LogP contribution in [0, 0.1) is 16.7 Å². The van der Waals surface area contributed by atoms with Crippen LogP contribution < -0.4 is 5.32 Å². The van der Waals surface area contributed by atoms with Crippen LogP contribution >= 0.6 is 0 Å². The van der Waals surface area contributed by atoms with Crippen molar-refractivity contribution < 1.29 is 4.79 Å². The zero-order chi connectivity index (χ0) is 11.3. The van der Waals surface area contributed by atoms with E-state index in [9.17, 15) is 4.79 Å². The Kier molecular flexibility index (Phi) is 2.21. The van der Waals surface area contributed by atoms with Gasteiger partial charge >= 0.3 is 0 Å². The van der Waals surface area contributed by atoms with Gasteiger partial charge in [-0.25, -0.2) is 0 Å². The second-order valence-corrected chi connectivity index (χ2v) is 5.58. The summed E-state index contributed by atoms with van der Waals surface area (Å²) in [6.45, 7) is 11.4. The van der Waals surface area contributed by atoms with Crippen molar-refractivity contribution in [2.24, 2.45) is 16.7 Å². The van der Waals surface area contributed by atoms with Gasteiger partial charge in [0.1, 0.15) is 0 Å². The van der Waals surface area contributed by atoms with E-state index in [0.717, 1.165) is 25.0 Å². The van der Waals surface area contributed by atoms with E-state index >= 15 is 0 Å². The summed E-state index contributed by atoms with van der Waals surface area (Å²) < 4.78 is 0. The molecule has 2 bridgehead atoms. The molecule has 0 aromatic heterocycles. The van der Waals surface area contributed by atoms with E-state index in [-0.39, 0.29) is 16.7 Å². The molecule has 2 nitrogen and oxygen atoms in total. The number of amides is 1. The second-order valence-electron chi connectivity index (χ2n) is 5.58. The molecule has 0 aliphatic heterocycles. The fourth-order valence-electron chi connectivity index (χ4n) is 3.47. The number of fused-ring (bicyclic) bond motifs is 2. The van der Waals surface area contributed by atoms with Crippen LogP contribution in [0.3, 0.4) is 0 Å². The molecule has 0 saturated heterocycles. The fourth-order valence-corrected chi connectivity index (χ4v) is 3.47. The van der Waals surface area contributed by atoms with Crippen molar-refractivity contribution in [1.29, 1.82) is 0 Å². The molecule has 2 saturated carbocycles. The summed E-state index contributed by atoms with van der Waals surface area (Å²) in [5.74, 6) is 0.871. The first-order valence-electron chi connectivity index (χ1n) is 5.93. The molecule has 0 aromatic rings. The van der Waals surface area contributed by atoms with Gasteiger partial charge in [-0.2, -0.15) is 0 Å². The number of hydrogen-bond acceptors (Lipinski definition) is 1. The van der Waals surface area contributed by atoms with Gasteiger partial charge in [-0.05, 0) is 37.5 Å². The van der Waals surface area contributed by atoms with Gasteiger partial charge in [-0.15, -0.1) is 0 Å². The van der Waals surface area contributed by atoms with Crippen LogP contribution in [0.1, 0.15) is 40.0 Å². The third-order valence-corrected chi connectivity index (χ3v) is 4.66. The maximum Gasteiger partial charge on any atom is 0.230 e. The normalized spacial score (nSPS) is 37.0. The van der Waals surface area contributed by atoms with Crippen LogP contribution in [0.2, 0.25) is 0 Å². The van der Waals surface area contributed by atoms with Crippen LogP contribution in [0.15, 0.2) is 12.2 Å². The topological polar surface area (TPSA) is 29.1 Å². The number of hydrogen-bond donors (Lipinski definition) is 1. The van der Waals surface area contributed by atoms with E-state index in [1.54, 1.807) is 0 Å². The van der Waals surface area contributed by atoms with Gasteiger partial charge in [0, 0.05) is 6.54 Å². The SMILES string of the molecule is C=C1C(C)(C)[C@@H]2CC[C@]1(C(=O)NCC)C2. The maximum absolute atomic E-state index is 12.2. The van der Waals surface area contributed by atoms with Crippen molar-refractivity contribution >= 4 is 5.91 Å². The highest BCUT2D eigenvalue weighted by Gasteiger charge is 2.60. The zero-order valence-corrected chi connectivity index (χ0v) is 10.0. The minimum absolute atomic E-state index is 0.156. The molecule has 2 heteroatoms. The summed E-state index contributed by atoms with van der Waals surface area (Å²) in [4.78, 5) is 12.2. The van der Waals surface area contributed by atoms with Crippen molar-refractivity contribution in [2.45, 2.75) is 40.0 Å². The molecular formula is C13H21NO. The minimum atomic E-state index is -0.232. The Balaban J connectivity index is 2.31. The number of carbonyl (C=O) groups is 1. The highest BCUT2D eigenvalue weighted by atomic mass is 16.2. The zero-order valence-electron chi connectivity index (χ0n) is 10.0. The van der Waals surface area contributed by atoms with Crippen LogP contribution in [0.4, 0.5) is 0 Å². The van der Waals surface area contributed by atoms with Gasteiger partial charge in [-0.1, -0.05) is 26.0 Å². The van der Waals surface area contributed by atoms with Crippen LogP contribution in [-0.4, -0.2) is 12.5 Å². The third kappa shape index (κ3) is 1.20. The van der Waals surface area contributed by atoms with E-state index in [4.69, 9.17) is 0 Å². The predicted octanol–water partition coefficient (Wildman–Crippen LogP) is 2.51. The van der Waals surface area contributed by atoms with E-state index in [1.165, 1.54) is 6.42 Å². The molecule has 84 valence electrons. The fraction of sp³-hybridized carbons (Fsp3) is 0.769. The maximum atomic E-state index is 12.2. The van der Waals surface area contributed by atoms with Crippen LogP contribution in [0.5, 0.6) is 0 Å². The summed E-state index contributed by atoms with van der Waals surface area (Å²) in [6.07, 6.45) is 3.21. The first kappa shape index (κ1) is 10.7. The monoisotopic (exact) mass is 207 g/mol. The molecule has 0 unspecified atom stereocenters. The molecule has 2 aliphatic rings. The predicted molar refractivity (Wildman–Crippen MR) is 61.4 cm³/mol. The molecule has 0 aromatic carbocycles. The number of nitrogens with one attached hydrogen (secondary N) is 1. The number of carbonyl (C=O) groups excluding carboxylic acids is 1. The summed E-state index contributed by atoms with van der Waals surface area (Å²) >= 11 is 0. The highest BCUT2D eigenvalue weighted by molar-refractivity contribution is 5.87. The second kappa shape index (κ2) is 3.10. The Labute approximate surface area is 92.1 Å². The lowest BCUT2D eigenvalue weighted by Gasteiger charge is -2.37. The number of rotatable bonds is 2. The summed E-state index contributed by atoms with van der Waals surface area (Å²) in [5.41, 5.74) is 1.09. The lowest BCUT2D eigenvalue weighted by Crippen LogP contribution is -2.41. The molecular weight excluding hydrogens is 186 g/mol. The average molecular weight is 207 g/mol. The summed E-state index contributed by atoms with van der Waals surface area (Å²) in [6, 6.07) is 0. The largest absolute Gasteiger partial charge is 0.356 e. The third-order valence-electron chi connectivity index (χ3n) is 4.66. The van der Waals surface area contributed by atoms with Crippen molar-refractivity contribution in [3.05, 3.63) is 12.2 Å². The average Bonchev–Trinajstić information content (AvgIpc) is 2.68. The van der Waals surface area contributed by atoms with Crippen molar-refractivity contribution in [3.63, 3.8) is 0 Å². The Morgan fingerprint density at radius 2 is 2.27 bits per heavy atom.